The van der Waals surface area contributed by atoms with Crippen LogP contribution in [0.25, 0.3) is 0 Å². The first-order valence-electron chi connectivity index (χ1n) is 8.65. The van der Waals surface area contributed by atoms with E-state index in [1.807, 2.05) is 0 Å². The Labute approximate surface area is 154 Å². The Bertz CT molecular complexity index is 312. The molecule has 154 valence electrons. The van der Waals surface area contributed by atoms with Gasteiger partial charge in [-0.1, -0.05) is 0 Å². The Morgan fingerprint density at radius 2 is 1.00 bits per heavy atom. The van der Waals surface area contributed by atoms with Gasteiger partial charge in [0.1, 0.15) is 13.2 Å². The van der Waals surface area contributed by atoms with E-state index in [0.717, 1.165) is 12.8 Å². The van der Waals surface area contributed by atoms with E-state index in [4.69, 9.17) is 28.4 Å². The van der Waals surface area contributed by atoms with E-state index in [-0.39, 0.29) is 26.4 Å². The third kappa shape index (κ3) is 18.7. The Morgan fingerprint density at radius 3 is 1.38 bits per heavy atom. The number of rotatable bonds is 17. The fraction of sp³-hybridized carbons (Fsp3) is 0.875. The largest absolute Gasteiger partial charge is 0.447 e. The summed E-state index contributed by atoms with van der Waals surface area (Å²) in [5.74, 6) is 0. The molecule has 0 spiro atoms. The number of carbonyl (C=O) groups is 2. The summed E-state index contributed by atoms with van der Waals surface area (Å²) in [6.07, 6.45) is 0.522. The second-order valence-electron chi connectivity index (χ2n) is 5.04. The standard InChI is InChI=1S/C16H32N2O8/c1-21-7-3-5-17-15(19)25-13-11-23-9-10-24-12-14-26-16(20)18-6-4-8-22-2/h3-14H2,1-2H3,(H,17,19)(H,18,20). The maximum absolute atomic E-state index is 11.3. The molecule has 10 nitrogen and oxygen atoms in total. The fourth-order valence-corrected chi connectivity index (χ4v) is 1.62. The molecule has 0 aromatic carbocycles. The lowest BCUT2D eigenvalue weighted by molar-refractivity contribution is 0.0155. The first-order chi connectivity index (χ1) is 12.7. The van der Waals surface area contributed by atoms with Crippen molar-refractivity contribution in [3.63, 3.8) is 0 Å². The first kappa shape index (κ1) is 24.4. The number of hydrogen-bond acceptors (Lipinski definition) is 8. The molecule has 0 saturated heterocycles. The van der Waals surface area contributed by atoms with Crippen LogP contribution < -0.4 is 10.6 Å². The maximum Gasteiger partial charge on any atom is 0.407 e. The molecule has 0 aliphatic heterocycles. The lowest BCUT2D eigenvalue weighted by Crippen LogP contribution is -2.27. The molecule has 0 bridgehead atoms. The van der Waals surface area contributed by atoms with E-state index in [1.165, 1.54) is 0 Å². The van der Waals surface area contributed by atoms with Crippen molar-refractivity contribution in [1.82, 2.24) is 10.6 Å². The molecule has 26 heavy (non-hydrogen) atoms. The number of hydrogen-bond donors (Lipinski definition) is 2. The molecule has 0 radical (unpaired) electrons. The zero-order valence-electron chi connectivity index (χ0n) is 15.8. The number of ether oxygens (including phenoxy) is 6. The molecule has 0 atom stereocenters. The summed E-state index contributed by atoms with van der Waals surface area (Å²) in [5.41, 5.74) is 0. The predicted octanol–water partition coefficient (Wildman–Crippen LogP) is 0.545. The van der Waals surface area contributed by atoms with E-state index in [2.05, 4.69) is 10.6 Å². The van der Waals surface area contributed by atoms with Crippen molar-refractivity contribution in [2.75, 3.05) is 80.2 Å². The van der Waals surface area contributed by atoms with E-state index >= 15 is 0 Å². The van der Waals surface area contributed by atoms with Crippen LogP contribution in [0.5, 0.6) is 0 Å². The molecule has 0 aliphatic carbocycles. The topological polar surface area (TPSA) is 114 Å². The fourth-order valence-electron chi connectivity index (χ4n) is 1.62. The van der Waals surface area contributed by atoms with Crippen molar-refractivity contribution >= 4 is 12.2 Å². The predicted molar refractivity (Wildman–Crippen MR) is 93.3 cm³/mol. The zero-order chi connectivity index (χ0) is 19.3. The van der Waals surface area contributed by atoms with Gasteiger partial charge in [-0.25, -0.2) is 9.59 Å². The van der Waals surface area contributed by atoms with Crippen molar-refractivity contribution in [2.24, 2.45) is 0 Å². The van der Waals surface area contributed by atoms with Crippen LogP contribution >= 0.6 is 0 Å². The quantitative estimate of drug-likeness (QED) is 0.352. The first-order valence-corrected chi connectivity index (χ1v) is 8.65. The van der Waals surface area contributed by atoms with Crippen molar-refractivity contribution in [3.8, 4) is 0 Å². The summed E-state index contributed by atoms with van der Waals surface area (Å²) in [6, 6.07) is 0. The molecule has 0 aliphatic rings. The third-order valence-corrected chi connectivity index (χ3v) is 2.88. The van der Waals surface area contributed by atoms with Gasteiger partial charge in [-0.3, -0.25) is 0 Å². The minimum atomic E-state index is -0.474. The highest BCUT2D eigenvalue weighted by atomic mass is 16.6. The van der Waals surface area contributed by atoms with Crippen LogP contribution in [-0.2, 0) is 28.4 Å². The SMILES string of the molecule is COCCCNC(=O)OCCOCCOCCOC(=O)NCCCOC. The van der Waals surface area contributed by atoms with Gasteiger partial charge in [0.2, 0.25) is 0 Å². The van der Waals surface area contributed by atoms with Gasteiger partial charge in [0.25, 0.3) is 0 Å². The van der Waals surface area contributed by atoms with Gasteiger partial charge >= 0.3 is 12.2 Å². The molecule has 2 amide bonds. The molecular formula is C16H32N2O8. The molecule has 0 fully saturated rings. The Balaban J connectivity index is 3.21. The Hall–Kier alpha value is -1.62. The molecular weight excluding hydrogens is 348 g/mol. The van der Waals surface area contributed by atoms with Crippen LogP contribution in [-0.4, -0.2) is 92.4 Å². The molecule has 10 heteroatoms. The van der Waals surface area contributed by atoms with Gasteiger partial charge in [0, 0.05) is 40.5 Å². The summed E-state index contributed by atoms with van der Waals surface area (Å²) < 4.78 is 30.0. The normalized spacial score (nSPS) is 10.4. The average molecular weight is 380 g/mol. The minimum Gasteiger partial charge on any atom is -0.447 e. The third-order valence-electron chi connectivity index (χ3n) is 2.88. The smallest absolute Gasteiger partial charge is 0.407 e. The number of nitrogens with one attached hydrogen (secondary N) is 2. The van der Waals surface area contributed by atoms with Crippen molar-refractivity contribution in [2.45, 2.75) is 12.8 Å². The van der Waals surface area contributed by atoms with Crippen LogP contribution in [0.2, 0.25) is 0 Å². The average Bonchev–Trinajstić information content (AvgIpc) is 2.64. The Morgan fingerprint density at radius 1 is 0.615 bits per heavy atom. The van der Waals surface area contributed by atoms with E-state index < -0.39 is 12.2 Å². The van der Waals surface area contributed by atoms with Gasteiger partial charge in [-0.05, 0) is 12.8 Å². The van der Waals surface area contributed by atoms with Crippen LogP contribution in [0.3, 0.4) is 0 Å². The number of methoxy groups -OCH3 is 2. The van der Waals surface area contributed by atoms with E-state index in [1.54, 1.807) is 14.2 Å². The van der Waals surface area contributed by atoms with Gasteiger partial charge in [-0.15, -0.1) is 0 Å². The summed E-state index contributed by atoms with van der Waals surface area (Å²) in [4.78, 5) is 22.5. The molecule has 2 N–H and O–H groups in total. The highest BCUT2D eigenvalue weighted by Gasteiger charge is 2.01. The molecule has 0 aromatic rings. The summed E-state index contributed by atoms with van der Waals surface area (Å²) in [5, 5.41) is 5.19. The molecule has 0 rings (SSSR count). The number of amides is 2. The maximum atomic E-state index is 11.3. The van der Waals surface area contributed by atoms with Gasteiger partial charge in [0.15, 0.2) is 0 Å². The summed E-state index contributed by atoms with van der Waals surface area (Å²) in [6.45, 7) is 3.84. The second kappa shape index (κ2) is 19.7. The molecule has 0 heterocycles. The summed E-state index contributed by atoms with van der Waals surface area (Å²) >= 11 is 0. The second-order valence-corrected chi connectivity index (χ2v) is 5.04. The number of alkyl carbamates (subject to hydrolysis) is 2. The van der Waals surface area contributed by atoms with E-state index in [0.29, 0.717) is 39.5 Å². The Kier molecular flexibility index (Phi) is 18.5. The van der Waals surface area contributed by atoms with Crippen molar-refractivity contribution in [3.05, 3.63) is 0 Å². The van der Waals surface area contributed by atoms with Gasteiger partial charge in [0.05, 0.1) is 26.4 Å². The van der Waals surface area contributed by atoms with Crippen LogP contribution in [0.1, 0.15) is 12.8 Å². The van der Waals surface area contributed by atoms with Gasteiger partial charge in [-0.2, -0.15) is 0 Å². The van der Waals surface area contributed by atoms with Crippen LogP contribution in [0.4, 0.5) is 9.59 Å². The summed E-state index contributed by atoms with van der Waals surface area (Å²) in [7, 11) is 3.21. The van der Waals surface area contributed by atoms with E-state index in [9.17, 15) is 9.59 Å². The number of carbonyl (C=O) groups excluding carboxylic acids is 2. The molecule has 0 saturated carbocycles. The lowest BCUT2D eigenvalue weighted by atomic mass is 10.4. The monoisotopic (exact) mass is 380 g/mol. The highest BCUT2D eigenvalue weighted by molar-refractivity contribution is 5.67. The van der Waals surface area contributed by atoms with Crippen LogP contribution in [0.15, 0.2) is 0 Å². The molecule has 0 aromatic heterocycles. The lowest BCUT2D eigenvalue weighted by Gasteiger charge is -2.09. The van der Waals surface area contributed by atoms with Gasteiger partial charge < -0.3 is 39.1 Å². The zero-order valence-corrected chi connectivity index (χ0v) is 15.8. The van der Waals surface area contributed by atoms with Crippen LogP contribution in [0, 0.1) is 0 Å². The highest BCUT2D eigenvalue weighted by Crippen LogP contribution is 1.86. The van der Waals surface area contributed by atoms with Crippen molar-refractivity contribution < 1.29 is 38.0 Å². The van der Waals surface area contributed by atoms with Crippen molar-refractivity contribution in [1.29, 1.82) is 0 Å². The minimum absolute atomic E-state index is 0.169. The molecule has 0 unspecified atom stereocenters.